The quantitative estimate of drug-likeness (QED) is 0.929. The number of aromatic nitrogens is 3. The fourth-order valence-corrected chi connectivity index (χ4v) is 2.95. The fourth-order valence-electron chi connectivity index (χ4n) is 2.95. The minimum atomic E-state index is -0.971. The van der Waals surface area contributed by atoms with Crippen LogP contribution in [-0.4, -0.2) is 49.5 Å². The van der Waals surface area contributed by atoms with Crippen molar-refractivity contribution in [3.63, 3.8) is 0 Å². The number of piperidine rings is 1. The Balaban J connectivity index is 1.82. The summed E-state index contributed by atoms with van der Waals surface area (Å²) in [4.78, 5) is 25.5. The molecule has 2 atom stereocenters. The summed E-state index contributed by atoms with van der Waals surface area (Å²) >= 11 is 0. The monoisotopic (exact) mass is 328 g/mol. The van der Waals surface area contributed by atoms with E-state index in [1.165, 1.54) is 9.58 Å². The van der Waals surface area contributed by atoms with Crippen molar-refractivity contribution in [2.24, 2.45) is 5.92 Å². The number of carboxylic acids is 1. The van der Waals surface area contributed by atoms with Gasteiger partial charge in [0, 0.05) is 6.54 Å². The highest BCUT2D eigenvalue weighted by Gasteiger charge is 2.36. The SMILES string of the molecule is Cc1ccc(-n2cc(C(=O)N3CCC(C)CC3C(=O)O)nn2)cc1. The summed E-state index contributed by atoms with van der Waals surface area (Å²) in [6.07, 6.45) is 2.80. The molecule has 24 heavy (non-hydrogen) atoms. The Morgan fingerprint density at radius 3 is 2.62 bits per heavy atom. The van der Waals surface area contributed by atoms with Gasteiger partial charge in [0.05, 0.1) is 11.9 Å². The Morgan fingerprint density at radius 1 is 1.25 bits per heavy atom. The summed E-state index contributed by atoms with van der Waals surface area (Å²) < 4.78 is 1.52. The summed E-state index contributed by atoms with van der Waals surface area (Å²) in [5, 5.41) is 17.3. The van der Waals surface area contributed by atoms with Crippen LogP contribution in [0, 0.1) is 12.8 Å². The van der Waals surface area contributed by atoms with Crippen molar-refractivity contribution in [2.75, 3.05) is 6.54 Å². The van der Waals surface area contributed by atoms with Gasteiger partial charge in [0.2, 0.25) is 0 Å². The molecule has 1 saturated heterocycles. The van der Waals surface area contributed by atoms with Gasteiger partial charge in [0.25, 0.3) is 5.91 Å². The molecule has 2 heterocycles. The van der Waals surface area contributed by atoms with E-state index >= 15 is 0 Å². The van der Waals surface area contributed by atoms with Crippen LogP contribution in [0.3, 0.4) is 0 Å². The van der Waals surface area contributed by atoms with Gasteiger partial charge >= 0.3 is 5.97 Å². The number of carbonyl (C=O) groups is 2. The van der Waals surface area contributed by atoms with Crippen LogP contribution in [-0.2, 0) is 4.79 Å². The Morgan fingerprint density at radius 2 is 1.96 bits per heavy atom. The van der Waals surface area contributed by atoms with Gasteiger partial charge in [-0.1, -0.05) is 29.8 Å². The molecule has 1 aromatic carbocycles. The number of aryl methyl sites for hydroxylation is 1. The third kappa shape index (κ3) is 3.15. The van der Waals surface area contributed by atoms with Crippen LogP contribution >= 0.6 is 0 Å². The van der Waals surface area contributed by atoms with Gasteiger partial charge in [-0.15, -0.1) is 5.10 Å². The van der Waals surface area contributed by atoms with Crippen molar-refractivity contribution in [1.29, 1.82) is 0 Å². The number of carbonyl (C=O) groups excluding carboxylic acids is 1. The van der Waals surface area contributed by atoms with Gasteiger partial charge < -0.3 is 10.0 Å². The minimum absolute atomic E-state index is 0.163. The molecule has 126 valence electrons. The van der Waals surface area contributed by atoms with Crippen molar-refractivity contribution in [3.8, 4) is 5.69 Å². The van der Waals surface area contributed by atoms with Gasteiger partial charge in [-0.3, -0.25) is 4.79 Å². The summed E-state index contributed by atoms with van der Waals surface area (Å²) in [6.45, 7) is 4.42. The number of rotatable bonds is 3. The normalized spacial score (nSPS) is 20.8. The predicted octanol–water partition coefficient (Wildman–Crippen LogP) is 1.90. The highest BCUT2D eigenvalue weighted by molar-refractivity contribution is 5.94. The zero-order valence-electron chi connectivity index (χ0n) is 13.7. The second kappa shape index (κ2) is 6.43. The Kier molecular flexibility index (Phi) is 4.33. The maximum Gasteiger partial charge on any atom is 0.326 e. The lowest BCUT2D eigenvalue weighted by atomic mass is 9.92. The number of aliphatic carboxylic acids is 1. The van der Waals surface area contributed by atoms with Crippen LogP contribution in [0.2, 0.25) is 0 Å². The number of hydrogen-bond donors (Lipinski definition) is 1. The Bertz CT molecular complexity index is 753. The predicted molar refractivity (Wildman–Crippen MR) is 87.0 cm³/mol. The molecule has 1 aliphatic rings. The van der Waals surface area contributed by atoms with Crippen LogP contribution in [0.5, 0.6) is 0 Å². The van der Waals surface area contributed by atoms with Gasteiger partial charge in [0.1, 0.15) is 6.04 Å². The van der Waals surface area contributed by atoms with Crippen LogP contribution < -0.4 is 0 Å². The molecule has 0 saturated carbocycles. The molecule has 0 bridgehead atoms. The minimum Gasteiger partial charge on any atom is -0.480 e. The zero-order valence-corrected chi connectivity index (χ0v) is 13.7. The number of hydrogen-bond acceptors (Lipinski definition) is 4. The number of nitrogens with zero attached hydrogens (tertiary/aromatic N) is 4. The number of carboxylic acid groups (broad SMARTS) is 1. The molecule has 1 aromatic heterocycles. The first-order valence-electron chi connectivity index (χ1n) is 7.99. The Hall–Kier alpha value is -2.70. The van der Waals surface area contributed by atoms with Crippen molar-refractivity contribution >= 4 is 11.9 Å². The first-order valence-corrected chi connectivity index (χ1v) is 7.99. The van der Waals surface area contributed by atoms with Crippen molar-refractivity contribution in [1.82, 2.24) is 19.9 Å². The summed E-state index contributed by atoms with van der Waals surface area (Å²) in [6, 6.07) is 6.88. The lowest BCUT2D eigenvalue weighted by molar-refractivity contribution is -0.144. The lowest BCUT2D eigenvalue weighted by Crippen LogP contribution is -2.49. The third-order valence-corrected chi connectivity index (χ3v) is 4.42. The smallest absolute Gasteiger partial charge is 0.326 e. The fraction of sp³-hybridized carbons (Fsp3) is 0.412. The average molecular weight is 328 g/mol. The molecule has 1 amide bonds. The maximum absolute atomic E-state index is 12.7. The topological polar surface area (TPSA) is 88.3 Å². The van der Waals surface area contributed by atoms with Crippen LogP contribution in [0.15, 0.2) is 30.5 Å². The van der Waals surface area contributed by atoms with E-state index in [0.29, 0.717) is 18.9 Å². The van der Waals surface area contributed by atoms with Gasteiger partial charge in [-0.05, 0) is 37.8 Å². The molecule has 0 aliphatic carbocycles. The maximum atomic E-state index is 12.7. The highest BCUT2D eigenvalue weighted by Crippen LogP contribution is 2.24. The van der Waals surface area contributed by atoms with E-state index in [0.717, 1.165) is 17.7 Å². The number of likely N-dealkylation sites (tertiary alicyclic amines) is 1. The lowest BCUT2D eigenvalue weighted by Gasteiger charge is -2.35. The molecule has 0 radical (unpaired) electrons. The van der Waals surface area contributed by atoms with E-state index in [-0.39, 0.29) is 11.6 Å². The zero-order chi connectivity index (χ0) is 17.3. The molecule has 1 aliphatic heterocycles. The van der Waals surface area contributed by atoms with Crippen molar-refractivity contribution in [2.45, 2.75) is 32.7 Å². The van der Waals surface area contributed by atoms with E-state index < -0.39 is 12.0 Å². The first kappa shape index (κ1) is 16.2. The van der Waals surface area contributed by atoms with E-state index in [4.69, 9.17) is 0 Å². The first-order chi connectivity index (χ1) is 11.5. The van der Waals surface area contributed by atoms with Gasteiger partial charge in [-0.2, -0.15) is 0 Å². The van der Waals surface area contributed by atoms with Crippen molar-refractivity contribution < 1.29 is 14.7 Å². The third-order valence-electron chi connectivity index (χ3n) is 4.42. The largest absolute Gasteiger partial charge is 0.480 e. The molecule has 3 rings (SSSR count). The average Bonchev–Trinajstić information content (AvgIpc) is 3.04. The molecule has 7 nitrogen and oxygen atoms in total. The standard InChI is InChI=1S/C17H20N4O3/c1-11-3-5-13(6-4-11)21-10-14(18-19-21)16(22)20-8-7-12(2)9-15(20)17(23)24/h3-6,10,12,15H,7-9H2,1-2H3,(H,23,24). The summed E-state index contributed by atoms with van der Waals surface area (Å²) in [5.41, 5.74) is 2.09. The summed E-state index contributed by atoms with van der Waals surface area (Å²) in [5.74, 6) is -1.06. The van der Waals surface area contributed by atoms with Gasteiger partial charge in [0.15, 0.2) is 5.69 Å². The van der Waals surface area contributed by atoms with Crippen LogP contribution in [0.1, 0.15) is 35.8 Å². The van der Waals surface area contributed by atoms with E-state index in [2.05, 4.69) is 10.3 Å². The molecule has 1 fully saturated rings. The molecular formula is C17H20N4O3. The molecular weight excluding hydrogens is 308 g/mol. The number of amides is 1. The van der Waals surface area contributed by atoms with Crippen LogP contribution in [0.4, 0.5) is 0 Å². The van der Waals surface area contributed by atoms with Gasteiger partial charge in [-0.25, -0.2) is 9.48 Å². The molecule has 1 N–H and O–H groups in total. The number of benzene rings is 1. The molecule has 2 unspecified atom stereocenters. The van der Waals surface area contributed by atoms with Crippen molar-refractivity contribution in [3.05, 3.63) is 41.7 Å². The molecule has 0 spiro atoms. The van der Waals surface area contributed by atoms with E-state index in [1.54, 1.807) is 6.20 Å². The Labute approximate surface area is 139 Å². The van der Waals surface area contributed by atoms with Crippen LogP contribution in [0.25, 0.3) is 5.69 Å². The van der Waals surface area contributed by atoms with E-state index in [9.17, 15) is 14.7 Å². The second-order valence-corrected chi connectivity index (χ2v) is 6.37. The highest BCUT2D eigenvalue weighted by atomic mass is 16.4. The molecule has 2 aromatic rings. The van der Waals surface area contributed by atoms with E-state index in [1.807, 2.05) is 38.1 Å². The second-order valence-electron chi connectivity index (χ2n) is 6.37. The molecule has 7 heteroatoms. The summed E-state index contributed by atoms with van der Waals surface area (Å²) in [7, 11) is 0.